The van der Waals surface area contributed by atoms with Gasteiger partial charge in [0.1, 0.15) is 0 Å². The largest absolute Gasteiger partial charge is 0.354 e. The fourth-order valence-electron chi connectivity index (χ4n) is 3.19. The van der Waals surface area contributed by atoms with Crippen LogP contribution in [0.3, 0.4) is 0 Å². The Labute approximate surface area is 168 Å². The van der Waals surface area contributed by atoms with Crippen molar-refractivity contribution in [3.8, 4) is 0 Å². The van der Waals surface area contributed by atoms with Crippen molar-refractivity contribution >= 4 is 34.8 Å². The molecule has 1 atom stereocenters. The predicted molar refractivity (Wildman–Crippen MR) is 109 cm³/mol. The first-order valence-corrected chi connectivity index (χ1v) is 10.4. The van der Waals surface area contributed by atoms with Crippen molar-refractivity contribution in [2.45, 2.75) is 19.4 Å². The molecule has 0 radical (unpaired) electrons. The zero-order chi connectivity index (χ0) is 19.2. The number of rotatable bonds is 6. The van der Waals surface area contributed by atoms with E-state index in [1.54, 1.807) is 35.6 Å². The molecule has 2 amide bonds. The molecule has 27 heavy (non-hydrogen) atoms. The molecule has 0 bridgehead atoms. The average Bonchev–Trinajstić information content (AvgIpc) is 3.20. The van der Waals surface area contributed by atoms with Gasteiger partial charge in [0.25, 0.3) is 5.91 Å². The Morgan fingerprint density at radius 1 is 1.19 bits per heavy atom. The molecule has 0 spiro atoms. The highest BCUT2D eigenvalue weighted by atomic mass is 35.5. The molecule has 1 saturated heterocycles. The predicted octanol–water partition coefficient (Wildman–Crippen LogP) is 2.91. The fourth-order valence-corrected chi connectivity index (χ4v) is 4.09. The summed E-state index contributed by atoms with van der Waals surface area (Å²) in [5.41, 5.74) is 0.607. The van der Waals surface area contributed by atoms with Crippen LogP contribution in [0.25, 0.3) is 0 Å². The Bertz CT molecular complexity index is 773. The Hall–Kier alpha value is -1.89. The molecular formula is C20H24ClN3O2S. The number of nitrogens with one attached hydrogen (secondary N) is 1. The van der Waals surface area contributed by atoms with Crippen LogP contribution in [0.2, 0.25) is 5.02 Å². The Kier molecular flexibility index (Phi) is 6.88. The van der Waals surface area contributed by atoms with Gasteiger partial charge in [-0.05, 0) is 43.0 Å². The molecule has 1 aliphatic rings. The summed E-state index contributed by atoms with van der Waals surface area (Å²) in [6.07, 6.45) is 0.859. The van der Waals surface area contributed by atoms with Gasteiger partial charge in [-0.3, -0.25) is 14.5 Å². The molecule has 1 N–H and O–H groups in total. The molecule has 7 heteroatoms. The molecule has 2 aromatic rings. The number of hydrogen-bond acceptors (Lipinski definition) is 4. The summed E-state index contributed by atoms with van der Waals surface area (Å²) in [5, 5.41) is 5.62. The SMILES string of the molecule is CC(C(=O)NCCc1cccs1)N1CCN(C(=O)c2cccc(Cl)c2)CC1. The third-order valence-corrected chi connectivity index (χ3v) is 6.02. The van der Waals surface area contributed by atoms with Gasteiger partial charge in [-0.25, -0.2) is 0 Å². The van der Waals surface area contributed by atoms with Crippen LogP contribution in [0.1, 0.15) is 22.2 Å². The number of carbonyl (C=O) groups excluding carboxylic acids is 2. The Morgan fingerprint density at radius 2 is 1.96 bits per heavy atom. The van der Waals surface area contributed by atoms with Crippen LogP contribution in [0, 0.1) is 0 Å². The lowest BCUT2D eigenvalue weighted by Gasteiger charge is -2.37. The smallest absolute Gasteiger partial charge is 0.253 e. The van der Waals surface area contributed by atoms with Gasteiger partial charge >= 0.3 is 0 Å². The highest BCUT2D eigenvalue weighted by Crippen LogP contribution is 2.15. The maximum absolute atomic E-state index is 12.6. The van der Waals surface area contributed by atoms with Crippen LogP contribution in [-0.2, 0) is 11.2 Å². The van der Waals surface area contributed by atoms with Crippen molar-refractivity contribution in [2.75, 3.05) is 32.7 Å². The van der Waals surface area contributed by atoms with E-state index in [9.17, 15) is 9.59 Å². The fraction of sp³-hybridized carbons (Fsp3) is 0.400. The van der Waals surface area contributed by atoms with E-state index in [4.69, 9.17) is 11.6 Å². The number of hydrogen-bond donors (Lipinski definition) is 1. The van der Waals surface area contributed by atoms with Gasteiger partial charge in [0.05, 0.1) is 6.04 Å². The molecule has 1 aromatic heterocycles. The third kappa shape index (κ3) is 5.31. The van der Waals surface area contributed by atoms with Gasteiger partial charge in [0.2, 0.25) is 5.91 Å². The van der Waals surface area contributed by atoms with Gasteiger partial charge in [0.15, 0.2) is 0 Å². The first-order valence-electron chi connectivity index (χ1n) is 9.13. The minimum Gasteiger partial charge on any atom is -0.354 e. The lowest BCUT2D eigenvalue weighted by molar-refractivity contribution is -0.126. The molecule has 1 fully saturated rings. The zero-order valence-corrected chi connectivity index (χ0v) is 16.9. The molecule has 1 aliphatic heterocycles. The highest BCUT2D eigenvalue weighted by molar-refractivity contribution is 7.09. The molecular weight excluding hydrogens is 382 g/mol. The van der Waals surface area contributed by atoms with E-state index < -0.39 is 0 Å². The molecule has 2 heterocycles. The van der Waals surface area contributed by atoms with E-state index >= 15 is 0 Å². The molecule has 144 valence electrons. The van der Waals surface area contributed by atoms with Crippen molar-refractivity contribution in [1.82, 2.24) is 15.1 Å². The number of amides is 2. The van der Waals surface area contributed by atoms with Crippen LogP contribution < -0.4 is 5.32 Å². The minimum absolute atomic E-state index is 0.00907. The first-order chi connectivity index (χ1) is 13.0. The number of benzene rings is 1. The number of thiophene rings is 1. The summed E-state index contributed by atoms with van der Waals surface area (Å²) in [7, 11) is 0. The minimum atomic E-state index is -0.197. The summed E-state index contributed by atoms with van der Waals surface area (Å²) in [6, 6.07) is 10.9. The summed E-state index contributed by atoms with van der Waals surface area (Å²) in [6.45, 7) is 5.17. The van der Waals surface area contributed by atoms with Gasteiger partial charge in [-0.1, -0.05) is 23.7 Å². The van der Waals surface area contributed by atoms with E-state index in [0.29, 0.717) is 43.3 Å². The maximum atomic E-state index is 12.6. The summed E-state index contributed by atoms with van der Waals surface area (Å²) >= 11 is 7.68. The van der Waals surface area contributed by atoms with Crippen LogP contribution in [-0.4, -0.2) is 60.4 Å². The number of piperazine rings is 1. The number of carbonyl (C=O) groups is 2. The molecule has 0 saturated carbocycles. The second-order valence-electron chi connectivity index (χ2n) is 6.63. The zero-order valence-electron chi connectivity index (χ0n) is 15.4. The van der Waals surface area contributed by atoms with Gasteiger partial charge in [-0.15, -0.1) is 11.3 Å². The Morgan fingerprint density at radius 3 is 2.63 bits per heavy atom. The van der Waals surface area contributed by atoms with Crippen LogP contribution in [0.4, 0.5) is 0 Å². The Balaban J connectivity index is 1.45. The van der Waals surface area contributed by atoms with Crippen LogP contribution >= 0.6 is 22.9 Å². The monoisotopic (exact) mass is 405 g/mol. The van der Waals surface area contributed by atoms with E-state index in [0.717, 1.165) is 6.42 Å². The lowest BCUT2D eigenvalue weighted by Crippen LogP contribution is -2.55. The lowest BCUT2D eigenvalue weighted by atomic mass is 10.1. The van der Waals surface area contributed by atoms with Gasteiger partial charge in [-0.2, -0.15) is 0 Å². The van der Waals surface area contributed by atoms with Crippen molar-refractivity contribution in [1.29, 1.82) is 0 Å². The molecule has 0 aliphatic carbocycles. The van der Waals surface area contributed by atoms with Crippen molar-refractivity contribution in [3.05, 3.63) is 57.2 Å². The van der Waals surface area contributed by atoms with Crippen LogP contribution in [0.5, 0.6) is 0 Å². The van der Waals surface area contributed by atoms with Crippen molar-refractivity contribution in [2.24, 2.45) is 0 Å². The highest BCUT2D eigenvalue weighted by Gasteiger charge is 2.27. The molecule has 3 rings (SSSR count). The molecule has 1 unspecified atom stereocenters. The second kappa shape index (κ2) is 9.35. The summed E-state index contributed by atoms with van der Waals surface area (Å²) in [4.78, 5) is 30.2. The first kappa shape index (κ1) is 19.9. The normalized spacial score (nSPS) is 16.1. The van der Waals surface area contributed by atoms with Crippen molar-refractivity contribution < 1.29 is 9.59 Å². The maximum Gasteiger partial charge on any atom is 0.253 e. The van der Waals surface area contributed by atoms with Crippen LogP contribution in [0.15, 0.2) is 41.8 Å². The average molecular weight is 406 g/mol. The summed E-state index contributed by atoms with van der Waals surface area (Å²) < 4.78 is 0. The standard InChI is InChI=1S/C20H24ClN3O2S/c1-15(19(25)22-8-7-18-6-3-13-27-18)23-9-11-24(12-10-23)20(26)16-4-2-5-17(21)14-16/h2-6,13-15H,7-12H2,1H3,(H,22,25). The van der Waals surface area contributed by atoms with Gasteiger partial charge < -0.3 is 10.2 Å². The number of halogens is 1. The topological polar surface area (TPSA) is 52.7 Å². The third-order valence-electron chi connectivity index (χ3n) is 4.85. The van der Waals surface area contributed by atoms with E-state index in [-0.39, 0.29) is 17.9 Å². The van der Waals surface area contributed by atoms with Crippen molar-refractivity contribution in [3.63, 3.8) is 0 Å². The van der Waals surface area contributed by atoms with Gasteiger partial charge in [0, 0.05) is 48.2 Å². The number of nitrogens with zero attached hydrogens (tertiary/aromatic N) is 2. The van der Waals surface area contributed by atoms with E-state index in [1.165, 1.54) is 4.88 Å². The summed E-state index contributed by atoms with van der Waals surface area (Å²) in [5.74, 6) is 0.0337. The quantitative estimate of drug-likeness (QED) is 0.803. The van der Waals surface area contributed by atoms with E-state index in [1.807, 2.05) is 23.3 Å². The molecule has 5 nitrogen and oxygen atoms in total. The molecule has 1 aromatic carbocycles. The second-order valence-corrected chi connectivity index (χ2v) is 8.10. The van der Waals surface area contributed by atoms with E-state index in [2.05, 4.69) is 16.3 Å².